The number of hydrogen-bond donors (Lipinski definition) is 1. The van der Waals surface area contributed by atoms with Crippen LogP contribution < -0.4 is 5.73 Å². The number of likely N-dealkylation sites (tertiary alicyclic amines) is 1. The summed E-state index contributed by atoms with van der Waals surface area (Å²) >= 11 is 0. The van der Waals surface area contributed by atoms with Crippen molar-refractivity contribution in [2.45, 2.75) is 24.9 Å². The summed E-state index contributed by atoms with van der Waals surface area (Å²) in [7, 11) is 3.30. The lowest BCUT2D eigenvalue weighted by molar-refractivity contribution is -0.135. The predicted octanol–water partition coefficient (Wildman–Crippen LogP) is 1.15. The van der Waals surface area contributed by atoms with E-state index in [4.69, 9.17) is 10.5 Å². The summed E-state index contributed by atoms with van der Waals surface area (Å²) in [4.78, 5) is 28.2. The highest BCUT2D eigenvalue weighted by Gasteiger charge is 2.29. The molecule has 134 valence electrons. The Hall–Kier alpha value is -1.63. The summed E-state index contributed by atoms with van der Waals surface area (Å²) in [6, 6.07) is 8.76. The second-order valence-corrected chi connectivity index (χ2v) is 5.90. The Bertz CT molecular complexity index is 533. The van der Waals surface area contributed by atoms with Crippen LogP contribution in [0.1, 0.15) is 23.2 Å². The van der Waals surface area contributed by atoms with E-state index in [1.54, 1.807) is 11.9 Å². The molecule has 0 spiro atoms. The van der Waals surface area contributed by atoms with Gasteiger partial charge in [-0.3, -0.25) is 9.59 Å². The molecule has 1 aromatic carbocycles. The Balaban J connectivity index is 0.00000288. The minimum absolute atomic E-state index is 0. The molecule has 0 aliphatic carbocycles. The smallest absolute Gasteiger partial charge is 0.253 e. The molecule has 1 aliphatic rings. The molecule has 0 saturated carbocycles. The number of benzene rings is 1. The van der Waals surface area contributed by atoms with Gasteiger partial charge in [-0.1, -0.05) is 18.2 Å². The fourth-order valence-corrected chi connectivity index (χ4v) is 2.91. The first-order valence-electron chi connectivity index (χ1n) is 7.90. The molecule has 6 nitrogen and oxygen atoms in total. The first-order chi connectivity index (χ1) is 11.0. The van der Waals surface area contributed by atoms with Gasteiger partial charge in [0, 0.05) is 38.9 Å². The number of carbonyl (C=O) groups is 2. The molecule has 2 N–H and O–H groups in total. The van der Waals surface area contributed by atoms with Crippen LogP contribution in [0.3, 0.4) is 0 Å². The van der Waals surface area contributed by atoms with E-state index >= 15 is 0 Å². The Morgan fingerprint density at radius 2 is 1.88 bits per heavy atom. The van der Waals surface area contributed by atoms with Crippen LogP contribution in [-0.4, -0.2) is 67.6 Å². The topological polar surface area (TPSA) is 75.9 Å². The number of halogens is 1. The largest absolute Gasteiger partial charge is 0.383 e. The molecule has 1 fully saturated rings. The van der Waals surface area contributed by atoms with E-state index in [9.17, 15) is 9.59 Å². The molecule has 7 heteroatoms. The van der Waals surface area contributed by atoms with Crippen LogP contribution in [0.15, 0.2) is 30.3 Å². The van der Waals surface area contributed by atoms with E-state index in [1.807, 2.05) is 35.2 Å². The van der Waals surface area contributed by atoms with Gasteiger partial charge in [-0.15, -0.1) is 12.4 Å². The molecule has 1 heterocycles. The monoisotopic (exact) mass is 355 g/mol. The Labute approximate surface area is 149 Å². The number of hydrogen-bond acceptors (Lipinski definition) is 4. The Morgan fingerprint density at radius 3 is 2.42 bits per heavy atom. The minimum atomic E-state index is -0.631. The third-order valence-corrected chi connectivity index (χ3v) is 4.33. The molecule has 0 aromatic heterocycles. The third-order valence-electron chi connectivity index (χ3n) is 4.33. The van der Waals surface area contributed by atoms with Crippen molar-refractivity contribution in [1.82, 2.24) is 9.80 Å². The third kappa shape index (κ3) is 4.93. The van der Waals surface area contributed by atoms with Crippen molar-refractivity contribution in [2.75, 3.05) is 33.9 Å². The van der Waals surface area contributed by atoms with Crippen molar-refractivity contribution in [2.24, 2.45) is 5.73 Å². The van der Waals surface area contributed by atoms with Crippen molar-refractivity contribution in [3.05, 3.63) is 35.9 Å². The molecule has 24 heavy (non-hydrogen) atoms. The molecule has 1 saturated heterocycles. The number of methoxy groups -OCH3 is 1. The molecule has 0 radical (unpaired) electrons. The Kier molecular flexibility index (Phi) is 8.18. The maximum absolute atomic E-state index is 12.4. The van der Waals surface area contributed by atoms with E-state index in [1.165, 1.54) is 7.11 Å². The van der Waals surface area contributed by atoms with Crippen LogP contribution in [0, 0.1) is 0 Å². The Morgan fingerprint density at radius 1 is 1.29 bits per heavy atom. The molecular weight excluding hydrogens is 330 g/mol. The fourth-order valence-electron chi connectivity index (χ4n) is 2.91. The van der Waals surface area contributed by atoms with E-state index in [0.29, 0.717) is 18.7 Å². The van der Waals surface area contributed by atoms with Gasteiger partial charge in [0.1, 0.15) is 6.04 Å². The molecule has 1 atom stereocenters. The SMILES string of the molecule is COCC(N)C(=O)N(C)C1CCN(C(=O)c2ccccc2)CC1.Cl. The van der Waals surface area contributed by atoms with E-state index < -0.39 is 6.04 Å². The lowest BCUT2D eigenvalue weighted by Crippen LogP contribution is -2.52. The number of carbonyl (C=O) groups excluding carboxylic acids is 2. The molecule has 1 unspecified atom stereocenters. The number of nitrogens with zero attached hydrogens (tertiary/aromatic N) is 2. The number of rotatable bonds is 5. The fraction of sp³-hybridized carbons (Fsp3) is 0.529. The average Bonchev–Trinajstić information content (AvgIpc) is 2.61. The van der Waals surface area contributed by atoms with Crippen molar-refractivity contribution >= 4 is 24.2 Å². The van der Waals surface area contributed by atoms with Crippen LogP contribution in [0.5, 0.6) is 0 Å². The summed E-state index contributed by atoms with van der Waals surface area (Å²) in [6.45, 7) is 1.51. The zero-order chi connectivity index (χ0) is 16.8. The number of piperidine rings is 1. The summed E-state index contributed by atoms with van der Waals surface area (Å²) in [5.74, 6) is -0.0613. The van der Waals surface area contributed by atoms with Gasteiger partial charge in [0.05, 0.1) is 6.61 Å². The van der Waals surface area contributed by atoms with Crippen molar-refractivity contribution in [3.63, 3.8) is 0 Å². The van der Waals surface area contributed by atoms with Crippen LogP contribution >= 0.6 is 12.4 Å². The van der Waals surface area contributed by atoms with Crippen LogP contribution in [0.2, 0.25) is 0 Å². The van der Waals surface area contributed by atoms with Gasteiger partial charge < -0.3 is 20.3 Å². The van der Waals surface area contributed by atoms with E-state index in [0.717, 1.165) is 12.8 Å². The first-order valence-corrected chi connectivity index (χ1v) is 7.90. The van der Waals surface area contributed by atoms with Crippen molar-refractivity contribution in [3.8, 4) is 0 Å². The number of likely N-dealkylation sites (N-methyl/N-ethyl adjacent to an activating group) is 1. The molecular formula is C17H26ClN3O3. The van der Waals surface area contributed by atoms with Gasteiger partial charge in [-0.05, 0) is 25.0 Å². The van der Waals surface area contributed by atoms with Gasteiger partial charge in [0.25, 0.3) is 5.91 Å². The van der Waals surface area contributed by atoms with Crippen molar-refractivity contribution < 1.29 is 14.3 Å². The molecule has 1 aliphatic heterocycles. The van der Waals surface area contributed by atoms with E-state index in [2.05, 4.69) is 0 Å². The second kappa shape index (κ2) is 9.61. The highest BCUT2D eigenvalue weighted by molar-refractivity contribution is 5.94. The zero-order valence-corrected chi connectivity index (χ0v) is 15.0. The molecule has 2 amide bonds. The number of ether oxygens (including phenoxy) is 1. The van der Waals surface area contributed by atoms with Crippen molar-refractivity contribution in [1.29, 1.82) is 0 Å². The van der Waals surface area contributed by atoms with Gasteiger partial charge in [-0.2, -0.15) is 0 Å². The molecule has 0 bridgehead atoms. The van der Waals surface area contributed by atoms with Crippen LogP contribution in [0.25, 0.3) is 0 Å². The highest BCUT2D eigenvalue weighted by Crippen LogP contribution is 2.18. The van der Waals surface area contributed by atoms with Gasteiger partial charge >= 0.3 is 0 Å². The summed E-state index contributed by atoms with van der Waals surface area (Å²) in [6.07, 6.45) is 1.53. The standard InChI is InChI=1S/C17H25N3O3.ClH/c1-19(17(22)15(18)12-23-2)14-8-10-20(11-9-14)16(21)13-6-4-3-5-7-13;/h3-7,14-15H,8-12,18H2,1-2H3;1H. The molecule has 1 aromatic rings. The van der Waals surface area contributed by atoms with Gasteiger partial charge in [-0.25, -0.2) is 0 Å². The summed E-state index contributed by atoms with van der Waals surface area (Å²) < 4.78 is 4.93. The maximum Gasteiger partial charge on any atom is 0.253 e. The normalized spacial score (nSPS) is 16.2. The quantitative estimate of drug-likeness (QED) is 0.859. The second-order valence-electron chi connectivity index (χ2n) is 5.90. The van der Waals surface area contributed by atoms with Crippen LogP contribution in [-0.2, 0) is 9.53 Å². The maximum atomic E-state index is 12.4. The van der Waals surface area contributed by atoms with E-state index in [-0.39, 0.29) is 36.9 Å². The summed E-state index contributed by atoms with van der Waals surface area (Å²) in [5.41, 5.74) is 6.51. The summed E-state index contributed by atoms with van der Waals surface area (Å²) in [5, 5.41) is 0. The predicted molar refractivity (Wildman–Crippen MR) is 95.2 cm³/mol. The van der Waals surface area contributed by atoms with Gasteiger partial charge in [0.2, 0.25) is 5.91 Å². The van der Waals surface area contributed by atoms with Gasteiger partial charge in [0.15, 0.2) is 0 Å². The van der Waals surface area contributed by atoms with Crippen LogP contribution in [0.4, 0.5) is 0 Å². The number of amides is 2. The average molecular weight is 356 g/mol. The lowest BCUT2D eigenvalue weighted by Gasteiger charge is -2.37. The minimum Gasteiger partial charge on any atom is -0.383 e. The highest BCUT2D eigenvalue weighted by atomic mass is 35.5. The number of nitrogens with two attached hydrogens (primary N) is 1. The molecule has 2 rings (SSSR count). The first kappa shape index (κ1) is 20.4. The zero-order valence-electron chi connectivity index (χ0n) is 14.2. The lowest BCUT2D eigenvalue weighted by atomic mass is 10.0.